The van der Waals surface area contributed by atoms with Gasteiger partial charge in [0.1, 0.15) is 11.4 Å². The summed E-state index contributed by atoms with van der Waals surface area (Å²) in [6, 6.07) is 7.25. The molecule has 0 aromatic heterocycles. The number of rotatable bonds is 6. The maximum absolute atomic E-state index is 15.0. The van der Waals surface area contributed by atoms with E-state index in [1.54, 1.807) is 17.9 Å². The lowest BCUT2D eigenvalue weighted by Crippen LogP contribution is -2.49. The summed E-state index contributed by atoms with van der Waals surface area (Å²) in [6.45, 7) is 5.45. The standard InChI is InChI=1S/C28H28F4N4O3/c1-15-4-5-16(2)36(15)25(38)19-6-7-22(23(29)13-19)17(3)34-26(39)27(8-9-27)35-24(37)20-10-18(14-33)11-21(12-20)28(30,31)32/h6-7,10-13,15-17H,4-5,8-9H2,1-3H3,(H,34,39)(H,35,37)/t15-,16+,17-/m1/s1. The van der Waals surface area contributed by atoms with Gasteiger partial charge >= 0.3 is 6.18 Å². The summed E-state index contributed by atoms with van der Waals surface area (Å²) in [5, 5.41) is 14.2. The molecule has 2 aromatic carbocycles. The maximum Gasteiger partial charge on any atom is 0.416 e. The van der Waals surface area contributed by atoms with Crippen molar-refractivity contribution in [2.45, 2.75) is 76.3 Å². The molecule has 1 saturated heterocycles. The van der Waals surface area contributed by atoms with Crippen LogP contribution in [0.5, 0.6) is 0 Å². The molecule has 2 aliphatic rings. The van der Waals surface area contributed by atoms with Crippen molar-refractivity contribution in [1.29, 1.82) is 5.26 Å². The minimum atomic E-state index is -4.76. The Bertz CT molecular complexity index is 1350. The van der Waals surface area contributed by atoms with Crippen molar-refractivity contribution in [3.05, 3.63) is 70.0 Å². The normalized spacial score (nSPS) is 20.6. The van der Waals surface area contributed by atoms with Crippen molar-refractivity contribution in [1.82, 2.24) is 15.5 Å². The summed E-state index contributed by atoms with van der Waals surface area (Å²) >= 11 is 0. The molecule has 3 amide bonds. The molecular weight excluding hydrogens is 516 g/mol. The Morgan fingerprint density at radius 2 is 1.69 bits per heavy atom. The molecule has 3 atom stereocenters. The van der Waals surface area contributed by atoms with E-state index in [0.29, 0.717) is 12.1 Å². The van der Waals surface area contributed by atoms with Crippen molar-refractivity contribution >= 4 is 17.7 Å². The van der Waals surface area contributed by atoms with Crippen LogP contribution in [0.15, 0.2) is 36.4 Å². The van der Waals surface area contributed by atoms with E-state index >= 15 is 4.39 Å². The number of benzene rings is 2. The SMILES string of the molecule is C[C@@H]1CC[C@H](C)N1C(=O)c1ccc([C@@H](C)NC(=O)C2(NC(=O)c3cc(C#N)cc(C(F)(F)F)c3)CC2)c(F)c1. The van der Waals surface area contributed by atoms with Gasteiger partial charge in [-0.1, -0.05) is 6.07 Å². The first kappa shape index (κ1) is 28.1. The number of carbonyl (C=O) groups is 3. The van der Waals surface area contributed by atoms with Crippen LogP contribution in [-0.4, -0.2) is 40.2 Å². The van der Waals surface area contributed by atoms with E-state index in [1.807, 2.05) is 13.8 Å². The van der Waals surface area contributed by atoms with Crippen molar-refractivity contribution < 1.29 is 31.9 Å². The smallest absolute Gasteiger partial charge is 0.347 e. The molecule has 7 nitrogen and oxygen atoms in total. The summed E-state index contributed by atoms with van der Waals surface area (Å²) < 4.78 is 54.6. The average molecular weight is 545 g/mol. The highest BCUT2D eigenvalue weighted by Gasteiger charge is 2.51. The van der Waals surface area contributed by atoms with Gasteiger partial charge in [-0.25, -0.2) is 4.39 Å². The van der Waals surface area contributed by atoms with E-state index in [9.17, 15) is 27.6 Å². The molecule has 2 fully saturated rings. The van der Waals surface area contributed by atoms with Gasteiger partial charge in [-0.05, 0) is 76.8 Å². The third-order valence-electron chi connectivity index (χ3n) is 7.44. The predicted octanol–water partition coefficient (Wildman–Crippen LogP) is 4.87. The molecule has 2 aromatic rings. The second-order valence-electron chi connectivity index (χ2n) is 10.4. The molecule has 0 bridgehead atoms. The monoisotopic (exact) mass is 544 g/mol. The molecule has 206 valence electrons. The summed E-state index contributed by atoms with van der Waals surface area (Å²) in [5.74, 6) is -2.48. The number of nitrogens with one attached hydrogen (secondary N) is 2. The van der Waals surface area contributed by atoms with E-state index in [2.05, 4.69) is 10.6 Å². The Kier molecular flexibility index (Phi) is 7.43. The number of carbonyl (C=O) groups excluding carboxylic acids is 3. The van der Waals surface area contributed by atoms with Gasteiger partial charge in [0.05, 0.1) is 23.2 Å². The van der Waals surface area contributed by atoms with Gasteiger partial charge in [0.15, 0.2) is 0 Å². The van der Waals surface area contributed by atoms with Crippen LogP contribution in [-0.2, 0) is 11.0 Å². The zero-order valence-electron chi connectivity index (χ0n) is 21.7. The third kappa shape index (κ3) is 5.75. The van der Waals surface area contributed by atoms with Gasteiger partial charge in [-0.2, -0.15) is 18.4 Å². The molecule has 1 saturated carbocycles. The first-order chi connectivity index (χ1) is 18.3. The molecule has 1 aliphatic carbocycles. The number of alkyl halides is 3. The van der Waals surface area contributed by atoms with E-state index in [1.165, 1.54) is 12.1 Å². The topological polar surface area (TPSA) is 102 Å². The summed E-state index contributed by atoms with van der Waals surface area (Å²) in [7, 11) is 0. The molecule has 1 heterocycles. The molecule has 11 heteroatoms. The number of hydrogen-bond acceptors (Lipinski definition) is 4. The number of halogens is 4. The van der Waals surface area contributed by atoms with Gasteiger partial charge in [0, 0.05) is 28.8 Å². The Labute approximate surface area is 223 Å². The molecule has 0 radical (unpaired) electrons. The van der Waals surface area contributed by atoms with E-state index in [-0.39, 0.29) is 47.5 Å². The van der Waals surface area contributed by atoms with Crippen LogP contribution < -0.4 is 10.6 Å². The highest BCUT2D eigenvalue weighted by molar-refractivity contribution is 6.01. The number of nitriles is 1. The van der Waals surface area contributed by atoms with Crippen LogP contribution in [0.25, 0.3) is 0 Å². The van der Waals surface area contributed by atoms with Crippen molar-refractivity contribution in [3.63, 3.8) is 0 Å². The molecule has 1 aliphatic heterocycles. The first-order valence-corrected chi connectivity index (χ1v) is 12.6. The number of hydrogen-bond donors (Lipinski definition) is 2. The highest BCUT2D eigenvalue weighted by atomic mass is 19.4. The number of likely N-dealkylation sites (tertiary alicyclic amines) is 1. The summed E-state index contributed by atoms with van der Waals surface area (Å²) in [6.07, 6.45) is -2.53. The molecule has 4 rings (SSSR count). The Morgan fingerprint density at radius 1 is 1.05 bits per heavy atom. The van der Waals surface area contributed by atoms with Crippen molar-refractivity contribution in [2.24, 2.45) is 0 Å². The zero-order valence-corrected chi connectivity index (χ0v) is 21.7. The average Bonchev–Trinajstić information content (AvgIpc) is 3.59. The lowest BCUT2D eigenvalue weighted by atomic mass is 10.0. The fourth-order valence-corrected chi connectivity index (χ4v) is 4.98. The van der Waals surface area contributed by atoms with Crippen LogP contribution in [0.1, 0.15) is 89.9 Å². The van der Waals surface area contributed by atoms with Crippen LogP contribution >= 0.6 is 0 Å². The minimum absolute atomic E-state index is 0.0563. The summed E-state index contributed by atoms with van der Waals surface area (Å²) in [5.41, 5.74) is -2.91. The van der Waals surface area contributed by atoms with Gasteiger partial charge < -0.3 is 15.5 Å². The Hall–Kier alpha value is -3.94. The minimum Gasteiger partial charge on any atom is -0.347 e. The zero-order chi connectivity index (χ0) is 28.7. The fraction of sp³-hybridized carbons (Fsp3) is 0.429. The summed E-state index contributed by atoms with van der Waals surface area (Å²) in [4.78, 5) is 40.4. The molecule has 2 N–H and O–H groups in total. The second-order valence-corrected chi connectivity index (χ2v) is 10.4. The predicted molar refractivity (Wildman–Crippen MR) is 133 cm³/mol. The molecular formula is C28H28F4N4O3. The van der Waals surface area contributed by atoms with Crippen LogP contribution in [0, 0.1) is 17.1 Å². The van der Waals surface area contributed by atoms with Gasteiger partial charge in [0.25, 0.3) is 11.8 Å². The quantitative estimate of drug-likeness (QED) is 0.507. The molecule has 0 unspecified atom stereocenters. The van der Waals surface area contributed by atoms with Crippen LogP contribution in [0.2, 0.25) is 0 Å². The third-order valence-corrected chi connectivity index (χ3v) is 7.44. The Balaban J connectivity index is 1.45. The number of nitrogens with zero attached hydrogens (tertiary/aromatic N) is 2. The largest absolute Gasteiger partial charge is 0.416 e. The van der Waals surface area contributed by atoms with E-state index in [4.69, 9.17) is 5.26 Å². The molecule has 39 heavy (non-hydrogen) atoms. The van der Waals surface area contributed by atoms with Gasteiger partial charge in [-0.15, -0.1) is 0 Å². The Morgan fingerprint density at radius 3 is 2.23 bits per heavy atom. The maximum atomic E-state index is 15.0. The van der Waals surface area contributed by atoms with Gasteiger partial charge in [0.2, 0.25) is 5.91 Å². The van der Waals surface area contributed by atoms with E-state index in [0.717, 1.165) is 25.0 Å². The van der Waals surface area contributed by atoms with Gasteiger partial charge in [-0.3, -0.25) is 14.4 Å². The second kappa shape index (κ2) is 10.3. The highest BCUT2D eigenvalue weighted by Crippen LogP contribution is 2.37. The van der Waals surface area contributed by atoms with Crippen LogP contribution in [0.4, 0.5) is 17.6 Å². The number of amides is 3. The first-order valence-electron chi connectivity index (χ1n) is 12.6. The van der Waals surface area contributed by atoms with Crippen LogP contribution in [0.3, 0.4) is 0 Å². The fourth-order valence-electron chi connectivity index (χ4n) is 4.98. The van der Waals surface area contributed by atoms with Crippen molar-refractivity contribution in [2.75, 3.05) is 0 Å². The van der Waals surface area contributed by atoms with Crippen molar-refractivity contribution in [3.8, 4) is 6.07 Å². The molecule has 0 spiro atoms. The lowest BCUT2D eigenvalue weighted by Gasteiger charge is -2.27. The van der Waals surface area contributed by atoms with E-state index < -0.39 is 46.5 Å². The lowest BCUT2D eigenvalue weighted by molar-refractivity contribution is -0.137.